The van der Waals surface area contributed by atoms with Crippen LogP contribution >= 0.6 is 22.9 Å². The molecule has 2 rings (SSSR count). The average Bonchev–Trinajstić information content (AvgIpc) is 3.13. The molecule has 0 aliphatic rings. The molecule has 126 valence electrons. The van der Waals surface area contributed by atoms with Crippen LogP contribution in [0.15, 0.2) is 29.5 Å². The van der Waals surface area contributed by atoms with E-state index in [0.29, 0.717) is 16.8 Å². The number of aliphatic hydroxyl groups is 1. The van der Waals surface area contributed by atoms with E-state index in [4.69, 9.17) is 11.6 Å². The maximum absolute atomic E-state index is 10.1. The molecular weight excluding hydrogens is 334 g/mol. The van der Waals surface area contributed by atoms with E-state index < -0.39 is 6.10 Å². The Morgan fingerprint density at radius 2 is 2.30 bits per heavy atom. The number of hydrogen-bond acceptors (Lipinski definition) is 4. The van der Waals surface area contributed by atoms with Crippen molar-refractivity contribution in [1.29, 1.82) is 0 Å². The largest absolute Gasteiger partial charge is 0.386 e. The third-order valence-corrected chi connectivity index (χ3v) is 4.42. The molecule has 3 N–H and O–H groups in total. The number of aliphatic imine (C=N–C) groups is 1. The van der Waals surface area contributed by atoms with Crippen molar-refractivity contribution in [2.75, 3.05) is 19.6 Å². The molecule has 0 aromatic carbocycles. The highest BCUT2D eigenvalue weighted by Gasteiger charge is 2.10. The van der Waals surface area contributed by atoms with Crippen LogP contribution in [0.2, 0.25) is 4.34 Å². The summed E-state index contributed by atoms with van der Waals surface area (Å²) in [5.74, 6) is 0.679. The minimum atomic E-state index is -0.642. The summed E-state index contributed by atoms with van der Waals surface area (Å²) in [6.07, 6.45) is 3.19. The number of hydrogen-bond donors (Lipinski definition) is 3. The van der Waals surface area contributed by atoms with Crippen LogP contribution in [0.5, 0.6) is 0 Å². The van der Waals surface area contributed by atoms with E-state index in [2.05, 4.69) is 20.7 Å². The molecule has 0 amide bonds. The van der Waals surface area contributed by atoms with Crippen LogP contribution in [0.25, 0.3) is 0 Å². The molecule has 6 nitrogen and oxygen atoms in total. The molecule has 0 aliphatic heterocycles. The molecule has 0 saturated heterocycles. The molecule has 2 aromatic heterocycles. The maximum Gasteiger partial charge on any atom is 0.191 e. The van der Waals surface area contributed by atoms with Gasteiger partial charge in [0.05, 0.1) is 23.6 Å². The van der Waals surface area contributed by atoms with Crippen LogP contribution in [0.3, 0.4) is 0 Å². The Bertz CT molecular complexity index is 639. The second-order valence-electron chi connectivity index (χ2n) is 5.08. The molecule has 8 heteroatoms. The van der Waals surface area contributed by atoms with Gasteiger partial charge in [0.25, 0.3) is 0 Å². The molecule has 2 heterocycles. The van der Waals surface area contributed by atoms with E-state index in [-0.39, 0.29) is 6.54 Å². The lowest BCUT2D eigenvalue weighted by Crippen LogP contribution is -2.39. The van der Waals surface area contributed by atoms with Gasteiger partial charge in [-0.05, 0) is 31.5 Å². The van der Waals surface area contributed by atoms with Crippen molar-refractivity contribution in [3.63, 3.8) is 0 Å². The normalized spacial score (nSPS) is 13.1. The number of rotatable bonds is 7. The van der Waals surface area contributed by atoms with Gasteiger partial charge in [-0.2, -0.15) is 5.10 Å². The van der Waals surface area contributed by atoms with Gasteiger partial charge < -0.3 is 15.7 Å². The van der Waals surface area contributed by atoms with Crippen molar-refractivity contribution in [3.8, 4) is 0 Å². The van der Waals surface area contributed by atoms with Crippen molar-refractivity contribution in [2.45, 2.75) is 26.5 Å². The molecule has 0 saturated carbocycles. The number of aliphatic hydroxyl groups excluding tert-OH is 1. The molecule has 1 atom stereocenters. The van der Waals surface area contributed by atoms with Gasteiger partial charge in [-0.1, -0.05) is 11.6 Å². The second kappa shape index (κ2) is 8.90. The zero-order valence-electron chi connectivity index (χ0n) is 13.3. The number of nitrogens with zero attached hydrogens (tertiary/aromatic N) is 3. The lowest BCUT2D eigenvalue weighted by atomic mass is 10.3. The Morgan fingerprint density at radius 1 is 1.48 bits per heavy atom. The van der Waals surface area contributed by atoms with Gasteiger partial charge in [-0.3, -0.25) is 9.67 Å². The first-order chi connectivity index (χ1) is 11.1. The third kappa shape index (κ3) is 5.85. The minimum absolute atomic E-state index is 0.285. The van der Waals surface area contributed by atoms with Gasteiger partial charge in [-0.25, -0.2) is 0 Å². The van der Waals surface area contributed by atoms with Gasteiger partial charge in [0.1, 0.15) is 6.10 Å². The Kier molecular flexibility index (Phi) is 6.88. The number of guanidine groups is 1. The van der Waals surface area contributed by atoms with E-state index in [1.807, 2.05) is 37.0 Å². The van der Waals surface area contributed by atoms with E-state index in [9.17, 15) is 5.11 Å². The Balaban J connectivity index is 1.84. The predicted molar refractivity (Wildman–Crippen MR) is 95.2 cm³/mol. The van der Waals surface area contributed by atoms with Gasteiger partial charge in [0, 0.05) is 24.2 Å². The minimum Gasteiger partial charge on any atom is -0.386 e. The maximum atomic E-state index is 10.1. The molecule has 1 unspecified atom stereocenters. The van der Waals surface area contributed by atoms with Crippen LogP contribution in [0.1, 0.15) is 23.5 Å². The molecule has 23 heavy (non-hydrogen) atoms. The SMILES string of the molecule is CCNC(=NCC(O)c1ccc(Cl)s1)NCCn1cc(C)cn1. The second-order valence-corrected chi connectivity index (χ2v) is 6.83. The van der Waals surface area contributed by atoms with Crippen molar-refractivity contribution < 1.29 is 5.11 Å². The summed E-state index contributed by atoms with van der Waals surface area (Å²) >= 11 is 7.26. The fraction of sp³-hybridized carbons (Fsp3) is 0.467. The zero-order valence-corrected chi connectivity index (χ0v) is 14.9. The molecule has 0 bridgehead atoms. The Labute approximate surface area is 145 Å². The first-order valence-corrected chi connectivity index (χ1v) is 8.72. The lowest BCUT2D eigenvalue weighted by Gasteiger charge is -2.12. The lowest BCUT2D eigenvalue weighted by molar-refractivity contribution is 0.191. The van der Waals surface area contributed by atoms with Gasteiger partial charge in [0.2, 0.25) is 0 Å². The van der Waals surface area contributed by atoms with Gasteiger partial charge in [0.15, 0.2) is 5.96 Å². The Hall–Kier alpha value is -1.57. The van der Waals surface area contributed by atoms with Crippen molar-refractivity contribution in [3.05, 3.63) is 39.3 Å². The smallest absolute Gasteiger partial charge is 0.191 e. The van der Waals surface area contributed by atoms with Crippen LogP contribution < -0.4 is 10.6 Å². The first-order valence-electron chi connectivity index (χ1n) is 7.53. The highest BCUT2D eigenvalue weighted by atomic mass is 35.5. The molecule has 2 aromatic rings. The van der Waals surface area contributed by atoms with E-state index in [1.165, 1.54) is 11.3 Å². The van der Waals surface area contributed by atoms with Crippen molar-refractivity contribution in [2.24, 2.45) is 4.99 Å². The fourth-order valence-corrected chi connectivity index (χ4v) is 3.03. The Morgan fingerprint density at radius 3 is 2.91 bits per heavy atom. The van der Waals surface area contributed by atoms with Gasteiger partial charge in [-0.15, -0.1) is 11.3 Å². The summed E-state index contributed by atoms with van der Waals surface area (Å²) in [7, 11) is 0. The summed E-state index contributed by atoms with van der Waals surface area (Å²) < 4.78 is 2.55. The van der Waals surface area contributed by atoms with Gasteiger partial charge >= 0.3 is 0 Å². The summed E-state index contributed by atoms with van der Waals surface area (Å²) in [5.41, 5.74) is 1.14. The summed E-state index contributed by atoms with van der Waals surface area (Å²) in [6, 6.07) is 3.61. The van der Waals surface area contributed by atoms with E-state index in [1.54, 1.807) is 6.07 Å². The number of halogens is 1. The molecule has 0 fully saturated rings. The highest BCUT2D eigenvalue weighted by Crippen LogP contribution is 2.26. The number of aromatic nitrogens is 2. The molecule has 0 aliphatic carbocycles. The summed E-state index contributed by atoms with van der Waals surface area (Å²) in [6.45, 7) is 6.51. The fourth-order valence-electron chi connectivity index (χ4n) is 1.99. The van der Waals surface area contributed by atoms with Crippen LogP contribution in [0.4, 0.5) is 0 Å². The van der Waals surface area contributed by atoms with Crippen LogP contribution in [-0.2, 0) is 6.54 Å². The monoisotopic (exact) mass is 355 g/mol. The predicted octanol–water partition coefficient (Wildman–Crippen LogP) is 2.20. The third-order valence-electron chi connectivity index (χ3n) is 3.08. The summed E-state index contributed by atoms with van der Waals surface area (Å²) in [4.78, 5) is 5.23. The quantitative estimate of drug-likeness (QED) is 0.526. The van der Waals surface area contributed by atoms with Crippen LogP contribution in [0, 0.1) is 6.92 Å². The molecular formula is C15H22ClN5OS. The van der Waals surface area contributed by atoms with Crippen molar-refractivity contribution >= 4 is 28.9 Å². The number of aryl methyl sites for hydroxylation is 1. The number of thiophene rings is 1. The average molecular weight is 356 g/mol. The molecule has 0 radical (unpaired) electrons. The number of nitrogens with one attached hydrogen (secondary N) is 2. The molecule has 0 spiro atoms. The highest BCUT2D eigenvalue weighted by molar-refractivity contribution is 7.16. The zero-order chi connectivity index (χ0) is 16.7. The van der Waals surface area contributed by atoms with Crippen LogP contribution in [-0.4, -0.2) is 40.5 Å². The van der Waals surface area contributed by atoms with E-state index >= 15 is 0 Å². The standard InChI is InChI=1S/C15H22ClN5OS/c1-3-17-15(18-6-7-21-10-11(2)8-20-21)19-9-12(22)13-4-5-14(16)23-13/h4-5,8,10,12,22H,3,6-7,9H2,1-2H3,(H2,17,18,19). The van der Waals surface area contributed by atoms with Crippen molar-refractivity contribution in [1.82, 2.24) is 20.4 Å². The first kappa shape index (κ1) is 17.8. The summed E-state index contributed by atoms with van der Waals surface area (Å²) in [5, 5.41) is 20.8. The topological polar surface area (TPSA) is 74.5 Å². The van der Waals surface area contributed by atoms with E-state index in [0.717, 1.165) is 23.5 Å².